The van der Waals surface area contributed by atoms with Crippen molar-refractivity contribution in [2.45, 2.75) is 232 Å². The van der Waals surface area contributed by atoms with Gasteiger partial charge in [-0.1, -0.05) is 80.0 Å². The molecule has 0 saturated heterocycles. The van der Waals surface area contributed by atoms with Gasteiger partial charge in [0.2, 0.25) is 88.6 Å². The summed E-state index contributed by atoms with van der Waals surface area (Å²) in [6.45, 7) is 13.7. The van der Waals surface area contributed by atoms with Crippen LogP contribution in [0.15, 0.2) is 40.4 Å². The van der Waals surface area contributed by atoms with Gasteiger partial charge in [0.1, 0.15) is 66.5 Å². The van der Waals surface area contributed by atoms with E-state index in [-0.39, 0.29) is 95.3 Å². The van der Waals surface area contributed by atoms with Crippen molar-refractivity contribution < 1.29 is 81.8 Å². The Hall–Kier alpha value is -11.2. The van der Waals surface area contributed by atoms with Gasteiger partial charge in [-0.25, -0.2) is 0 Å². The minimum Gasteiger partial charge on any atom is -0.481 e. The van der Waals surface area contributed by atoms with E-state index in [2.05, 4.69) is 78.8 Å². The van der Waals surface area contributed by atoms with E-state index in [0.717, 1.165) is 0 Å². The Bertz CT molecular complexity index is 3540. The van der Waals surface area contributed by atoms with Crippen LogP contribution in [0.25, 0.3) is 10.9 Å². The van der Waals surface area contributed by atoms with Crippen molar-refractivity contribution in [1.82, 2.24) is 68.8 Å². The van der Waals surface area contributed by atoms with Gasteiger partial charge in [-0.15, -0.1) is 0 Å². The molecule has 2 aromatic rings. The zero-order valence-electron chi connectivity index (χ0n) is 64.2. The highest BCUT2D eigenvalue weighted by Crippen LogP contribution is 2.21. The molecule has 0 fully saturated rings. The van der Waals surface area contributed by atoms with Gasteiger partial charge >= 0.3 is 5.97 Å². The van der Waals surface area contributed by atoms with Gasteiger partial charge in [-0.2, -0.15) is 0 Å². The maximum Gasteiger partial charge on any atom is 0.303 e. The number of nitrogens with one attached hydrogen (secondary N) is 13. The van der Waals surface area contributed by atoms with Crippen molar-refractivity contribution in [2.24, 2.45) is 79.5 Å². The topological polar surface area (TPSA) is 686 Å². The lowest BCUT2D eigenvalue weighted by molar-refractivity contribution is -0.139. The van der Waals surface area contributed by atoms with Crippen molar-refractivity contribution in [3.05, 3.63) is 36.0 Å². The van der Waals surface area contributed by atoms with Crippen LogP contribution in [0.5, 0.6) is 0 Å². The van der Waals surface area contributed by atoms with E-state index in [9.17, 15) is 81.8 Å². The number of para-hydroxylation sites is 1. The number of carboxylic acids is 1. The number of nitrogens with two attached hydrogens (primary N) is 8. The normalized spacial score (nSPS) is 14.4. The van der Waals surface area contributed by atoms with Gasteiger partial charge in [0.15, 0.2) is 11.9 Å². The fourth-order valence-electron chi connectivity index (χ4n) is 11.3. The lowest BCUT2D eigenvalue weighted by Crippen LogP contribution is -2.61. The van der Waals surface area contributed by atoms with Crippen LogP contribution in [-0.2, 0) is 83.1 Å². The number of fused-ring (bicyclic) bond motifs is 1. The van der Waals surface area contributed by atoms with Gasteiger partial charge in [-0.3, -0.25) is 86.7 Å². The Morgan fingerprint density at radius 3 is 1.39 bits per heavy atom. The number of benzene rings is 1. The molecule has 0 aliphatic carbocycles. The van der Waals surface area contributed by atoms with Crippen LogP contribution in [0.3, 0.4) is 0 Å². The van der Waals surface area contributed by atoms with Gasteiger partial charge in [0.05, 0.1) is 13.0 Å². The molecule has 1 heterocycles. The molecule has 15 amide bonds. The Balaban J connectivity index is 2.43. The third kappa shape index (κ3) is 35.7. The van der Waals surface area contributed by atoms with Crippen molar-refractivity contribution in [3.8, 4) is 0 Å². The highest BCUT2D eigenvalue weighted by atomic mass is 16.4. The summed E-state index contributed by atoms with van der Waals surface area (Å²) >= 11 is 0. The predicted molar refractivity (Wildman–Crippen MR) is 406 cm³/mol. The van der Waals surface area contributed by atoms with Crippen molar-refractivity contribution in [2.75, 3.05) is 26.2 Å². The number of amides is 15. The SMILES string of the molecule is CC[C@H](C)[C@H](NC(=O)[C@H](CCCCN=C(N)N)NC(=O)[C@H](CCCN)NC(=O)CNC(=O)[C@H](CC(N)=O)NC(=O)[C@@H](NC(=O)[C@H](CCC(=O)O)NC(=O)[C@@H](NC(=O)[C@H](Cc1c[nH]c2ccccc12)NC(=O)[C@H](CCCCN=C(N)N)NC(C)=O)C(C)C)C(C)C)C(=O)N[C@@H](CC(C)C)C(=O)N[C@@H](CCC(N)=O)C(N)=O. The van der Waals surface area contributed by atoms with Gasteiger partial charge in [0, 0.05) is 56.4 Å². The number of unbranched alkanes of at least 4 members (excludes halogenated alkanes) is 2. The Morgan fingerprint density at radius 1 is 0.464 bits per heavy atom. The zero-order valence-corrected chi connectivity index (χ0v) is 64.2. The van der Waals surface area contributed by atoms with Crippen LogP contribution in [-0.4, -0.2) is 209 Å². The number of carbonyl (C=O) groups excluding carboxylic acids is 15. The molecule has 0 radical (unpaired) electrons. The van der Waals surface area contributed by atoms with E-state index in [1.165, 1.54) is 20.8 Å². The number of rotatable bonds is 53. The van der Waals surface area contributed by atoms with E-state index in [0.29, 0.717) is 42.1 Å². The first-order valence-electron chi connectivity index (χ1n) is 36.7. The van der Waals surface area contributed by atoms with Crippen LogP contribution in [0.2, 0.25) is 0 Å². The maximum absolute atomic E-state index is 14.6. The van der Waals surface area contributed by atoms with E-state index < -0.39 is 205 Å². The molecule has 110 heavy (non-hydrogen) atoms. The van der Waals surface area contributed by atoms with Crippen LogP contribution in [0.1, 0.15) is 164 Å². The minimum absolute atomic E-state index is 0.0147. The summed E-state index contributed by atoms with van der Waals surface area (Å²) in [6, 6.07) is -8.75. The summed E-state index contributed by atoms with van der Waals surface area (Å²) < 4.78 is 0. The number of aromatic nitrogens is 1. The highest BCUT2D eigenvalue weighted by Gasteiger charge is 2.39. The molecule has 12 atom stereocenters. The van der Waals surface area contributed by atoms with Crippen LogP contribution < -0.4 is 110 Å². The second kappa shape index (κ2) is 49.0. The summed E-state index contributed by atoms with van der Waals surface area (Å²) in [7, 11) is 0. The first-order valence-corrected chi connectivity index (χ1v) is 36.7. The van der Waals surface area contributed by atoms with Crippen LogP contribution in [0, 0.1) is 23.7 Å². The first kappa shape index (κ1) is 94.9. The lowest BCUT2D eigenvalue weighted by atomic mass is 9.96. The number of hydrogen-bond donors (Lipinski definition) is 22. The zero-order chi connectivity index (χ0) is 83.1. The summed E-state index contributed by atoms with van der Waals surface area (Å²) in [6.07, 6.45) is 0.635. The summed E-state index contributed by atoms with van der Waals surface area (Å²) in [5, 5.41) is 41.0. The number of aliphatic imine (C=N–C) groups is 2. The smallest absolute Gasteiger partial charge is 0.303 e. The molecule has 40 nitrogen and oxygen atoms in total. The van der Waals surface area contributed by atoms with Crippen molar-refractivity contribution in [1.29, 1.82) is 0 Å². The van der Waals surface area contributed by atoms with E-state index in [1.54, 1.807) is 72.0 Å². The third-order valence-corrected chi connectivity index (χ3v) is 17.5. The molecule has 30 N–H and O–H groups in total. The number of carboxylic acid groups (broad SMARTS) is 1. The average Bonchev–Trinajstić information content (AvgIpc) is 1.63. The fourth-order valence-corrected chi connectivity index (χ4v) is 11.3. The molecule has 1 aromatic heterocycles. The molecule has 0 unspecified atom stereocenters. The van der Waals surface area contributed by atoms with Crippen LogP contribution in [0.4, 0.5) is 0 Å². The fraction of sp³-hybridized carbons (Fsp3) is 0.629. The number of aliphatic carboxylic acids is 1. The first-order chi connectivity index (χ1) is 51.7. The van der Waals surface area contributed by atoms with Crippen molar-refractivity contribution >= 4 is 117 Å². The van der Waals surface area contributed by atoms with Gasteiger partial charge < -0.3 is 120 Å². The molecule has 0 saturated carbocycles. The molecular weight excluding hydrogens is 1430 g/mol. The molecule has 0 aliphatic rings. The third-order valence-electron chi connectivity index (χ3n) is 17.5. The molecule has 40 heteroatoms. The number of H-pyrrole nitrogens is 1. The largest absolute Gasteiger partial charge is 0.481 e. The molecule has 0 spiro atoms. The Morgan fingerprint density at radius 2 is 0.900 bits per heavy atom. The monoisotopic (exact) mass is 1550 g/mol. The molecule has 0 aliphatic heterocycles. The molecule has 1 aromatic carbocycles. The Labute approximate surface area is 638 Å². The average molecular weight is 1550 g/mol. The standard InChI is InChI=1S/C70H117N23O17/c1-10-38(8)57(68(110)89-48(30-35(2)3)64(106)85-43(58(74)100)23-25-51(72)95)93-62(104)46(21-14-16-29-80-70(77)78)86-61(103)45(22-17-27-71)84-53(97)34-82-59(101)50(32-52(73)96)90-67(109)56(37(6)7)91-63(105)47(24-26-54(98)99)87-66(108)55(36(4)5)92-65(107)49(31-40-33-81-42-19-12-11-18-41(40)42)88-60(102)44(83-39(9)94)20-13-15-28-79-69(75)76/h11-12,18-19,33,35-38,43-50,55-57,81H,10,13-17,20-32,34,71H2,1-9H3,(H2,72,95)(H2,73,96)(H2,74,100)(H,82,101)(H,83,94)(H,84,97)(H,85,106)(H,86,103)(H,87,108)(H,88,102)(H,89,110)(H,90,109)(H,91,105)(H,92,107)(H,93,104)(H,98,99)(H4,75,76,79)(H4,77,78,80)/t38-,43-,44-,45-,46-,47-,48-,49-,50-,55-,56-,57-/m0/s1. The summed E-state index contributed by atoms with van der Waals surface area (Å²) in [5.41, 5.74) is 45.3. The summed E-state index contributed by atoms with van der Waals surface area (Å²) in [4.78, 5) is 227. The van der Waals surface area contributed by atoms with Gasteiger partial charge in [0.25, 0.3) is 0 Å². The van der Waals surface area contributed by atoms with Crippen LogP contribution >= 0.6 is 0 Å². The highest BCUT2D eigenvalue weighted by molar-refractivity contribution is 6.00. The molecule has 0 bridgehead atoms. The number of carbonyl (C=O) groups is 16. The predicted octanol–water partition coefficient (Wildman–Crippen LogP) is -5.30. The van der Waals surface area contributed by atoms with Gasteiger partial charge in [-0.05, 0) is 112 Å². The molecule has 2 rings (SSSR count). The number of aromatic amines is 1. The number of nitrogens with zero attached hydrogens (tertiary/aromatic N) is 2. The summed E-state index contributed by atoms with van der Waals surface area (Å²) in [5.74, 6) is -17.8. The van der Waals surface area contributed by atoms with E-state index >= 15 is 0 Å². The quantitative estimate of drug-likeness (QED) is 0.0167. The molecular formula is C70H117N23O17. The number of guanidine groups is 2. The minimum atomic E-state index is -1.83. The second-order valence-electron chi connectivity index (χ2n) is 28.0. The Kier molecular flexibility index (Phi) is 42.2. The number of hydrogen-bond acceptors (Lipinski definition) is 19. The second-order valence-corrected chi connectivity index (χ2v) is 28.0. The van der Waals surface area contributed by atoms with E-state index in [1.807, 2.05) is 0 Å². The lowest BCUT2D eigenvalue weighted by Gasteiger charge is -2.30. The molecule has 614 valence electrons. The van der Waals surface area contributed by atoms with E-state index in [4.69, 9.17) is 45.9 Å². The maximum atomic E-state index is 14.6. The number of primary amides is 3. The van der Waals surface area contributed by atoms with Crippen molar-refractivity contribution in [3.63, 3.8) is 0 Å².